The minimum absolute atomic E-state index is 0.0255. The molecule has 5 heteroatoms. The smallest absolute Gasteiger partial charge is 0.233 e. The molecule has 4 nitrogen and oxygen atoms in total. The lowest BCUT2D eigenvalue weighted by Gasteiger charge is -2.20. The van der Waals surface area contributed by atoms with Crippen LogP contribution in [0.5, 0.6) is 0 Å². The van der Waals surface area contributed by atoms with E-state index < -0.39 is 0 Å². The number of anilines is 1. The van der Waals surface area contributed by atoms with Crippen molar-refractivity contribution in [2.75, 3.05) is 4.90 Å². The first kappa shape index (κ1) is 20.3. The molecule has 0 bridgehead atoms. The Bertz CT molecular complexity index is 1430. The van der Waals surface area contributed by atoms with Crippen LogP contribution in [0.15, 0.2) is 79.1 Å². The summed E-state index contributed by atoms with van der Waals surface area (Å²) in [6, 6.07) is 22.6. The average Bonchev–Trinajstić information content (AvgIpc) is 3.22. The summed E-state index contributed by atoms with van der Waals surface area (Å²) in [4.78, 5) is 24.4. The standard InChI is InChI=1S/C27H23N3OS/c1-18-12-19(2)26-24(13-18)29-27(32-26)30(17-21-6-5-11-28-16-21)25(31)15-20-9-10-22-7-3-4-8-23(22)14-20/h3-14,16H,15,17H2,1-2H3. The molecule has 158 valence electrons. The third-order valence-electron chi connectivity index (χ3n) is 5.57. The molecule has 0 unspecified atom stereocenters. The van der Waals surface area contributed by atoms with Gasteiger partial charge in [-0.3, -0.25) is 14.7 Å². The molecule has 2 aromatic heterocycles. The van der Waals surface area contributed by atoms with Gasteiger partial charge >= 0.3 is 0 Å². The van der Waals surface area contributed by atoms with Crippen molar-refractivity contribution in [1.82, 2.24) is 9.97 Å². The molecule has 5 aromatic rings. The summed E-state index contributed by atoms with van der Waals surface area (Å²) in [6.07, 6.45) is 3.87. The van der Waals surface area contributed by atoms with Gasteiger partial charge in [0.05, 0.1) is 23.2 Å². The van der Waals surface area contributed by atoms with Gasteiger partial charge in [0.1, 0.15) is 0 Å². The van der Waals surface area contributed by atoms with Crippen LogP contribution in [0, 0.1) is 13.8 Å². The second kappa shape index (κ2) is 8.52. The van der Waals surface area contributed by atoms with Crippen LogP contribution < -0.4 is 4.90 Å². The number of hydrogen-bond donors (Lipinski definition) is 0. The van der Waals surface area contributed by atoms with E-state index in [1.165, 1.54) is 16.5 Å². The van der Waals surface area contributed by atoms with Gasteiger partial charge in [0, 0.05) is 12.4 Å². The predicted molar refractivity (Wildman–Crippen MR) is 132 cm³/mol. The Morgan fingerprint density at radius 3 is 2.59 bits per heavy atom. The van der Waals surface area contributed by atoms with Crippen LogP contribution in [0.4, 0.5) is 5.13 Å². The van der Waals surface area contributed by atoms with Crippen LogP contribution in [-0.2, 0) is 17.8 Å². The second-order valence-corrected chi connectivity index (χ2v) is 9.10. The molecule has 1 amide bonds. The number of pyridine rings is 1. The minimum Gasteiger partial charge on any atom is -0.283 e. The maximum absolute atomic E-state index is 13.6. The zero-order chi connectivity index (χ0) is 22.1. The van der Waals surface area contributed by atoms with Crippen molar-refractivity contribution in [3.63, 3.8) is 0 Å². The first-order valence-corrected chi connectivity index (χ1v) is 11.4. The van der Waals surface area contributed by atoms with Gasteiger partial charge in [-0.25, -0.2) is 4.98 Å². The maximum atomic E-state index is 13.6. The first-order valence-electron chi connectivity index (χ1n) is 10.6. The number of carbonyl (C=O) groups is 1. The van der Waals surface area contributed by atoms with Crippen molar-refractivity contribution in [3.05, 3.63) is 101 Å². The molecule has 0 N–H and O–H groups in total. The van der Waals surface area contributed by atoms with Crippen molar-refractivity contribution in [3.8, 4) is 0 Å². The van der Waals surface area contributed by atoms with Crippen LogP contribution in [-0.4, -0.2) is 15.9 Å². The summed E-state index contributed by atoms with van der Waals surface area (Å²) >= 11 is 1.57. The third kappa shape index (κ3) is 4.12. The molecule has 0 radical (unpaired) electrons. The second-order valence-electron chi connectivity index (χ2n) is 8.13. The summed E-state index contributed by atoms with van der Waals surface area (Å²) in [5.41, 5.74) is 5.28. The average molecular weight is 438 g/mol. The number of aromatic nitrogens is 2. The number of aryl methyl sites for hydroxylation is 2. The van der Waals surface area contributed by atoms with E-state index in [1.807, 2.05) is 30.3 Å². The van der Waals surface area contributed by atoms with Gasteiger partial charge in [-0.2, -0.15) is 0 Å². The summed E-state index contributed by atoms with van der Waals surface area (Å²) < 4.78 is 1.13. The van der Waals surface area contributed by atoms with Crippen molar-refractivity contribution in [2.45, 2.75) is 26.8 Å². The highest BCUT2D eigenvalue weighted by molar-refractivity contribution is 7.22. The molecule has 0 saturated carbocycles. The van der Waals surface area contributed by atoms with E-state index in [0.717, 1.165) is 31.9 Å². The number of carbonyl (C=O) groups excluding carboxylic acids is 1. The van der Waals surface area contributed by atoms with Crippen LogP contribution in [0.3, 0.4) is 0 Å². The van der Waals surface area contributed by atoms with Gasteiger partial charge in [0.25, 0.3) is 0 Å². The van der Waals surface area contributed by atoms with Gasteiger partial charge in [0.15, 0.2) is 5.13 Å². The molecule has 3 aromatic carbocycles. The fraction of sp³-hybridized carbons (Fsp3) is 0.148. The number of benzene rings is 3. The van der Waals surface area contributed by atoms with Gasteiger partial charge in [-0.1, -0.05) is 65.9 Å². The molecule has 0 aliphatic carbocycles. The van der Waals surface area contributed by atoms with E-state index >= 15 is 0 Å². The monoisotopic (exact) mass is 437 g/mol. The molecule has 5 rings (SSSR count). The van der Waals surface area contributed by atoms with Crippen LogP contribution in [0.25, 0.3) is 21.0 Å². The third-order valence-corrected chi connectivity index (χ3v) is 6.80. The molecule has 0 spiro atoms. The van der Waals surface area contributed by atoms with Gasteiger partial charge in [-0.05, 0) is 59.0 Å². The largest absolute Gasteiger partial charge is 0.283 e. The van der Waals surface area contributed by atoms with Crippen molar-refractivity contribution in [2.24, 2.45) is 0 Å². The topological polar surface area (TPSA) is 46.1 Å². The number of amides is 1. The number of nitrogens with zero attached hydrogens (tertiary/aromatic N) is 3. The van der Waals surface area contributed by atoms with E-state index in [2.05, 4.69) is 55.2 Å². The van der Waals surface area contributed by atoms with Gasteiger partial charge in [0.2, 0.25) is 5.91 Å². The number of rotatable bonds is 5. The van der Waals surface area contributed by atoms with E-state index in [1.54, 1.807) is 28.6 Å². The number of thiazole rings is 1. The minimum atomic E-state index is 0.0255. The Kier molecular flexibility index (Phi) is 5.41. The number of hydrogen-bond acceptors (Lipinski definition) is 4. The summed E-state index contributed by atoms with van der Waals surface area (Å²) in [5, 5.41) is 3.04. The maximum Gasteiger partial charge on any atom is 0.233 e. The first-order chi connectivity index (χ1) is 15.6. The predicted octanol–water partition coefficient (Wildman–Crippen LogP) is 6.24. The Balaban J connectivity index is 1.51. The summed E-state index contributed by atoms with van der Waals surface area (Å²) in [6.45, 7) is 4.61. The normalized spacial score (nSPS) is 11.2. The highest BCUT2D eigenvalue weighted by Crippen LogP contribution is 2.33. The Morgan fingerprint density at radius 2 is 1.78 bits per heavy atom. The Labute approximate surface area is 191 Å². The Hall–Kier alpha value is -3.57. The lowest BCUT2D eigenvalue weighted by Crippen LogP contribution is -2.31. The summed E-state index contributed by atoms with van der Waals surface area (Å²) in [5.74, 6) is 0.0255. The van der Waals surface area contributed by atoms with E-state index in [-0.39, 0.29) is 5.91 Å². The highest BCUT2D eigenvalue weighted by atomic mass is 32.1. The molecule has 0 saturated heterocycles. The van der Waals surface area contributed by atoms with Crippen molar-refractivity contribution < 1.29 is 4.79 Å². The van der Waals surface area contributed by atoms with Crippen molar-refractivity contribution in [1.29, 1.82) is 0 Å². The fourth-order valence-electron chi connectivity index (χ4n) is 4.04. The summed E-state index contributed by atoms with van der Waals surface area (Å²) in [7, 11) is 0. The van der Waals surface area contributed by atoms with E-state index in [0.29, 0.717) is 13.0 Å². The van der Waals surface area contributed by atoms with E-state index in [4.69, 9.17) is 4.98 Å². The Morgan fingerprint density at radius 1 is 0.938 bits per heavy atom. The lowest BCUT2D eigenvalue weighted by atomic mass is 10.0. The molecule has 0 aliphatic rings. The molecular weight excluding hydrogens is 414 g/mol. The van der Waals surface area contributed by atoms with E-state index in [9.17, 15) is 4.79 Å². The van der Waals surface area contributed by atoms with Crippen LogP contribution in [0.1, 0.15) is 22.3 Å². The molecule has 32 heavy (non-hydrogen) atoms. The molecular formula is C27H23N3OS. The zero-order valence-electron chi connectivity index (χ0n) is 18.1. The van der Waals surface area contributed by atoms with Gasteiger partial charge < -0.3 is 0 Å². The van der Waals surface area contributed by atoms with Crippen LogP contribution in [0.2, 0.25) is 0 Å². The van der Waals surface area contributed by atoms with Gasteiger partial charge in [-0.15, -0.1) is 0 Å². The highest BCUT2D eigenvalue weighted by Gasteiger charge is 2.21. The SMILES string of the molecule is Cc1cc(C)c2sc(N(Cc3cccnc3)C(=O)Cc3ccc4ccccc4c3)nc2c1. The molecule has 0 atom stereocenters. The molecule has 0 aliphatic heterocycles. The quantitative estimate of drug-likeness (QED) is 0.327. The van der Waals surface area contributed by atoms with Crippen LogP contribution >= 0.6 is 11.3 Å². The lowest BCUT2D eigenvalue weighted by molar-refractivity contribution is -0.118. The number of fused-ring (bicyclic) bond motifs is 2. The molecule has 0 fully saturated rings. The molecule has 2 heterocycles. The zero-order valence-corrected chi connectivity index (χ0v) is 18.9. The fourth-order valence-corrected chi connectivity index (χ4v) is 5.07. The van der Waals surface area contributed by atoms with Crippen molar-refractivity contribution >= 4 is 43.4 Å².